The van der Waals surface area contributed by atoms with Gasteiger partial charge in [-0.15, -0.1) is 9.24 Å². The van der Waals surface area contributed by atoms with Crippen LogP contribution in [0.3, 0.4) is 0 Å². The molecule has 0 bridgehead atoms. The van der Waals surface area contributed by atoms with Gasteiger partial charge in [0.05, 0.1) is 0 Å². The summed E-state index contributed by atoms with van der Waals surface area (Å²) in [5.74, 6) is 1.85. The summed E-state index contributed by atoms with van der Waals surface area (Å²) in [6, 6.07) is 4.49. The van der Waals surface area contributed by atoms with E-state index in [0.717, 1.165) is 13.1 Å². The van der Waals surface area contributed by atoms with Crippen LogP contribution in [0.1, 0.15) is 31.2 Å². The maximum absolute atomic E-state index is 4.70. The highest BCUT2D eigenvalue weighted by Crippen LogP contribution is 2.66. The van der Waals surface area contributed by atoms with E-state index in [0.29, 0.717) is 16.5 Å². The first-order chi connectivity index (χ1) is 9.10. The van der Waals surface area contributed by atoms with Crippen molar-refractivity contribution < 1.29 is 0 Å². The number of hydrogen-bond acceptors (Lipinski definition) is 3. The Morgan fingerprint density at radius 1 is 1.42 bits per heavy atom. The van der Waals surface area contributed by atoms with Gasteiger partial charge in [-0.05, 0) is 35.0 Å². The number of pyridine rings is 1. The topological polar surface area (TPSA) is 28.2 Å². The zero-order valence-corrected chi connectivity index (χ0v) is 12.7. The molecule has 3 atom stereocenters. The number of nitrogens with zero attached hydrogens (tertiary/aromatic N) is 2. The van der Waals surface area contributed by atoms with Crippen molar-refractivity contribution in [2.24, 2.45) is 5.41 Å². The van der Waals surface area contributed by atoms with Crippen LogP contribution in [0.5, 0.6) is 0 Å². The van der Waals surface area contributed by atoms with Gasteiger partial charge in [-0.3, -0.25) is 0 Å². The third kappa shape index (κ3) is 1.82. The maximum Gasteiger partial charge on any atom is 0.128 e. The molecule has 3 nitrogen and oxygen atoms in total. The van der Waals surface area contributed by atoms with E-state index in [1.54, 1.807) is 0 Å². The predicted molar refractivity (Wildman–Crippen MR) is 81.8 cm³/mol. The zero-order chi connectivity index (χ0) is 13.1. The van der Waals surface area contributed by atoms with E-state index in [1.807, 2.05) is 0 Å². The van der Waals surface area contributed by atoms with E-state index < -0.39 is 0 Å². The largest absolute Gasteiger partial charge is 0.356 e. The Balaban J connectivity index is 1.48. The molecule has 2 aliphatic heterocycles. The van der Waals surface area contributed by atoms with E-state index in [1.165, 1.54) is 37.3 Å². The van der Waals surface area contributed by atoms with E-state index in [9.17, 15) is 0 Å². The molecular formula is C15H22N3P. The van der Waals surface area contributed by atoms with Gasteiger partial charge in [0.25, 0.3) is 0 Å². The van der Waals surface area contributed by atoms with Crippen molar-refractivity contribution in [1.29, 1.82) is 0 Å². The van der Waals surface area contributed by atoms with E-state index >= 15 is 0 Å². The monoisotopic (exact) mass is 275 g/mol. The minimum atomic E-state index is 0.472. The van der Waals surface area contributed by atoms with Crippen molar-refractivity contribution in [2.45, 2.75) is 30.8 Å². The standard InChI is InChI=1S/C15H22N3P/c1-14(19)9-15(14)4-5-18(10-15)13-3-2-11(8-17-13)12-6-16-7-12/h2-3,8,12,16H,4-7,9-10,19H2,1H3. The second-order valence-electron chi connectivity index (χ2n) is 6.85. The van der Waals surface area contributed by atoms with Crippen molar-refractivity contribution >= 4 is 15.1 Å². The zero-order valence-electron chi connectivity index (χ0n) is 11.5. The number of rotatable bonds is 2. The summed E-state index contributed by atoms with van der Waals surface area (Å²) < 4.78 is 0. The molecule has 1 spiro atoms. The molecule has 2 saturated heterocycles. The molecule has 0 aromatic carbocycles. The highest BCUT2D eigenvalue weighted by atomic mass is 31.0. The summed E-state index contributed by atoms with van der Waals surface area (Å²) in [5, 5.41) is 3.79. The van der Waals surface area contributed by atoms with Crippen molar-refractivity contribution in [3.63, 3.8) is 0 Å². The summed E-state index contributed by atoms with van der Waals surface area (Å²) in [7, 11) is 3.06. The molecule has 1 saturated carbocycles. The van der Waals surface area contributed by atoms with Gasteiger partial charge in [0.15, 0.2) is 0 Å². The minimum absolute atomic E-state index is 0.472. The van der Waals surface area contributed by atoms with Gasteiger partial charge in [-0.2, -0.15) is 0 Å². The molecule has 0 radical (unpaired) electrons. The van der Waals surface area contributed by atoms with E-state index in [-0.39, 0.29) is 0 Å². The van der Waals surface area contributed by atoms with Crippen LogP contribution in [0.4, 0.5) is 5.82 Å². The molecule has 19 heavy (non-hydrogen) atoms. The van der Waals surface area contributed by atoms with Crippen molar-refractivity contribution in [3.8, 4) is 0 Å². The highest BCUT2D eigenvalue weighted by molar-refractivity contribution is 7.19. The molecule has 1 aromatic heterocycles. The molecule has 102 valence electrons. The summed E-state index contributed by atoms with van der Waals surface area (Å²) in [5.41, 5.74) is 1.94. The molecule has 1 aliphatic carbocycles. The molecule has 1 aromatic rings. The predicted octanol–water partition coefficient (Wildman–Crippen LogP) is 2.00. The first-order valence-corrected chi connectivity index (χ1v) is 7.88. The van der Waals surface area contributed by atoms with Crippen LogP contribution < -0.4 is 10.2 Å². The molecule has 0 amide bonds. The van der Waals surface area contributed by atoms with Crippen LogP contribution in [-0.2, 0) is 0 Å². The minimum Gasteiger partial charge on any atom is -0.356 e. The fraction of sp³-hybridized carbons (Fsp3) is 0.667. The Kier molecular flexibility index (Phi) is 2.50. The van der Waals surface area contributed by atoms with Crippen LogP contribution in [0.15, 0.2) is 18.3 Å². The number of aromatic nitrogens is 1. The van der Waals surface area contributed by atoms with Crippen molar-refractivity contribution in [1.82, 2.24) is 10.3 Å². The lowest BCUT2D eigenvalue weighted by atomic mass is 9.95. The lowest BCUT2D eigenvalue weighted by Gasteiger charge is -2.27. The fourth-order valence-corrected chi connectivity index (χ4v) is 4.31. The van der Waals surface area contributed by atoms with Crippen LogP contribution in [-0.4, -0.2) is 36.3 Å². The van der Waals surface area contributed by atoms with Gasteiger partial charge in [-0.25, -0.2) is 4.98 Å². The lowest BCUT2D eigenvalue weighted by molar-refractivity contribution is 0.447. The smallest absolute Gasteiger partial charge is 0.128 e. The number of hydrogen-bond donors (Lipinski definition) is 1. The molecule has 3 aliphatic rings. The van der Waals surface area contributed by atoms with Crippen LogP contribution >= 0.6 is 9.24 Å². The third-order valence-electron chi connectivity index (χ3n) is 5.49. The normalized spacial score (nSPS) is 37.7. The van der Waals surface area contributed by atoms with Crippen LogP contribution in [0.25, 0.3) is 0 Å². The Labute approximate surface area is 117 Å². The molecule has 3 unspecified atom stereocenters. The van der Waals surface area contributed by atoms with Gasteiger partial charge in [0.2, 0.25) is 0 Å². The number of nitrogens with one attached hydrogen (secondary N) is 1. The quantitative estimate of drug-likeness (QED) is 0.837. The Bertz CT molecular complexity index is 495. The summed E-state index contributed by atoms with van der Waals surface area (Å²) in [4.78, 5) is 7.17. The molecule has 4 rings (SSSR count). The van der Waals surface area contributed by atoms with Crippen molar-refractivity contribution in [3.05, 3.63) is 23.9 Å². The SMILES string of the molecule is CC1(P)CC12CCN(c1ccc(C3CNC3)cn1)C2. The first kappa shape index (κ1) is 12.1. The van der Waals surface area contributed by atoms with Gasteiger partial charge in [-0.1, -0.05) is 13.0 Å². The molecular weight excluding hydrogens is 253 g/mol. The first-order valence-electron chi connectivity index (χ1n) is 7.30. The van der Waals surface area contributed by atoms with Crippen LogP contribution in [0.2, 0.25) is 0 Å². The van der Waals surface area contributed by atoms with Crippen LogP contribution in [0, 0.1) is 5.41 Å². The average molecular weight is 275 g/mol. The maximum atomic E-state index is 4.70. The number of anilines is 1. The second-order valence-corrected chi connectivity index (χ2v) is 8.13. The van der Waals surface area contributed by atoms with E-state index in [2.05, 4.69) is 44.7 Å². The van der Waals surface area contributed by atoms with Gasteiger partial charge in [0, 0.05) is 38.3 Å². The molecule has 3 fully saturated rings. The molecule has 1 N–H and O–H groups in total. The summed E-state index contributed by atoms with van der Waals surface area (Å²) >= 11 is 0. The fourth-order valence-electron chi connectivity index (χ4n) is 3.69. The van der Waals surface area contributed by atoms with Crippen molar-refractivity contribution in [2.75, 3.05) is 31.1 Å². The van der Waals surface area contributed by atoms with Gasteiger partial charge >= 0.3 is 0 Å². The van der Waals surface area contributed by atoms with Gasteiger partial charge in [0.1, 0.15) is 5.82 Å². The highest BCUT2D eigenvalue weighted by Gasteiger charge is 2.63. The summed E-state index contributed by atoms with van der Waals surface area (Å²) in [6.07, 6.45) is 4.76. The molecule has 3 heterocycles. The Morgan fingerprint density at radius 3 is 2.68 bits per heavy atom. The third-order valence-corrected chi connectivity index (χ3v) is 6.31. The second kappa shape index (κ2) is 3.93. The Morgan fingerprint density at radius 2 is 2.21 bits per heavy atom. The Hall–Kier alpha value is -0.660. The van der Waals surface area contributed by atoms with Gasteiger partial charge < -0.3 is 10.2 Å². The van der Waals surface area contributed by atoms with E-state index in [4.69, 9.17) is 4.98 Å². The lowest BCUT2D eigenvalue weighted by Crippen LogP contribution is -2.39. The average Bonchev–Trinajstić information content (AvgIpc) is 2.69. The molecule has 4 heteroatoms. The summed E-state index contributed by atoms with van der Waals surface area (Å²) in [6.45, 7) is 6.95.